The number of piperidine rings is 1. The van der Waals surface area contributed by atoms with Gasteiger partial charge >= 0.3 is 0 Å². The first-order valence-electron chi connectivity index (χ1n) is 5.15. The molecule has 0 unspecified atom stereocenters. The van der Waals surface area contributed by atoms with Gasteiger partial charge in [0, 0.05) is 13.1 Å². The highest BCUT2D eigenvalue weighted by molar-refractivity contribution is 4.97. The van der Waals surface area contributed by atoms with Crippen LogP contribution >= 0.6 is 0 Å². The van der Waals surface area contributed by atoms with Crippen LogP contribution in [-0.4, -0.2) is 49.6 Å². The molecule has 0 N–H and O–H groups in total. The lowest BCUT2D eigenvalue weighted by molar-refractivity contribution is -0.0390. The highest BCUT2D eigenvalue weighted by Gasteiger charge is 2.43. The lowest BCUT2D eigenvalue weighted by atomic mass is 9.72. The third-order valence-corrected chi connectivity index (χ3v) is 3.61. The van der Waals surface area contributed by atoms with Crippen LogP contribution in [-0.2, 0) is 0 Å². The van der Waals surface area contributed by atoms with E-state index in [-0.39, 0.29) is 0 Å². The fraction of sp³-hybridized carbons (Fsp3) is 1.00. The summed E-state index contributed by atoms with van der Waals surface area (Å²) in [4.78, 5) is 5.02. The highest BCUT2D eigenvalue weighted by Crippen LogP contribution is 2.39. The van der Waals surface area contributed by atoms with Gasteiger partial charge in [-0.25, -0.2) is 0 Å². The number of likely N-dealkylation sites (tertiary alicyclic amines) is 2. The monoisotopic (exact) mass is 168 g/mol. The Balaban J connectivity index is 1.83. The first kappa shape index (κ1) is 8.52. The van der Waals surface area contributed by atoms with Crippen molar-refractivity contribution in [3.63, 3.8) is 0 Å². The lowest BCUT2D eigenvalue weighted by Crippen LogP contribution is -2.59. The Kier molecular flexibility index (Phi) is 2.13. The SMILES string of the molecule is CCN1CC2(CCN(C)CC2)C1. The Morgan fingerprint density at radius 1 is 1.17 bits per heavy atom. The maximum atomic E-state index is 2.56. The molecule has 2 aliphatic heterocycles. The van der Waals surface area contributed by atoms with Crippen LogP contribution in [0.2, 0.25) is 0 Å². The van der Waals surface area contributed by atoms with Gasteiger partial charge in [0.1, 0.15) is 0 Å². The van der Waals surface area contributed by atoms with Gasteiger partial charge in [-0.1, -0.05) is 6.92 Å². The van der Waals surface area contributed by atoms with Gasteiger partial charge in [-0.15, -0.1) is 0 Å². The molecule has 0 radical (unpaired) electrons. The second-order valence-corrected chi connectivity index (χ2v) is 4.61. The van der Waals surface area contributed by atoms with Crippen molar-refractivity contribution in [1.29, 1.82) is 0 Å². The first-order valence-corrected chi connectivity index (χ1v) is 5.15. The van der Waals surface area contributed by atoms with Gasteiger partial charge in [0.05, 0.1) is 0 Å². The average molecular weight is 168 g/mol. The molecule has 0 saturated carbocycles. The molecule has 0 aromatic carbocycles. The molecule has 0 aliphatic carbocycles. The average Bonchev–Trinajstić information content (AvgIpc) is 2.02. The maximum Gasteiger partial charge on any atom is 0.00513 e. The van der Waals surface area contributed by atoms with E-state index in [4.69, 9.17) is 0 Å². The lowest BCUT2D eigenvalue weighted by Gasteiger charge is -2.53. The van der Waals surface area contributed by atoms with Crippen LogP contribution in [0.4, 0.5) is 0 Å². The summed E-state index contributed by atoms with van der Waals surface area (Å²) in [6, 6.07) is 0. The maximum absolute atomic E-state index is 2.56. The molecule has 0 bridgehead atoms. The predicted octanol–water partition coefficient (Wildman–Crippen LogP) is 1.03. The quantitative estimate of drug-likeness (QED) is 0.577. The molecule has 0 aromatic rings. The van der Waals surface area contributed by atoms with Gasteiger partial charge in [-0.2, -0.15) is 0 Å². The van der Waals surface area contributed by atoms with Gasteiger partial charge in [0.25, 0.3) is 0 Å². The van der Waals surface area contributed by atoms with Crippen LogP contribution in [0.5, 0.6) is 0 Å². The molecule has 2 rings (SSSR count). The summed E-state index contributed by atoms with van der Waals surface area (Å²) < 4.78 is 0. The first-order chi connectivity index (χ1) is 5.74. The van der Waals surface area contributed by atoms with E-state index >= 15 is 0 Å². The largest absolute Gasteiger partial charge is 0.306 e. The Labute approximate surface area is 75.5 Å². The summed E-state index contributed by atoms with van der Waals surface area (Å²) in [5.41, 5.74) is 0.739. The van der Waals surface area contributed by atoms with E-state index in [0.29, 0.717) is 0 Å². The molecule has 2 fully saturated rings. The fourth-order valence-electron chi connectivity index (χ4n) is 2.54. The van der Waals surface area contributed by atoms with Gasteiger partial charge in [-0.05, 0) is 44.9 Å². The van der Waals surface area contributed by atoms with Gasteiger partial charge < -0.3 is 9.80 Å². The predicted molar refractivity (Wildman–Crippen MR) is 51.3 cm³/mol. The minimum atomic E-state index is 0.739. The van der Waals surface area contributed by atoms with Crippen LogP contribution in [0.1, 0.15) is 19.8 Å². The van der Waals surface area contributed by atoms with Crippen molar-refractivity contribution in [3.05, 3.63) is 0 Å². The second kappa shape index (κ2) is 3.00. The zero-order valence-corrected chi connectivity index (χ0v) is 8.34. The summed E-state index contributed by atoms with van der Waals surface area (Å²) >= 11 is 0. The number of rotatable bonds is 1. The van der Waals surface area contributed by atoms with Crippen molar-refractivity contribution in [3.8, 4) is 0 Å². The summed E-state index contributed by atoms with van der Waals surface area (Å²) in [6.07, 6.45) is 2.86. The molecule has 0 atom stereocenters. The normalized spacial score (nSPS) is 30.5. The summed E-state index contributed by atoms with van der Waals surface area (Å²) in [6.45, 7) is 8.89. The van der Waals surface area contributed by atoms with E-state index in [1.165, 1.54) is 45.6 Å². The Morgan fingerprint density at radius 2 is 1.75 bits per heavy atom. The zero-order chi connectivity index (χ0) is 8.60. The molecule has 0 aromatic heterocycles. The standard InChI is InChI=1S/C10H20N2/c1-3-12-8-10(9-12)4-6-11(2)7-5-10/h3-9H2,1-2H3. The Morgan fingerprint density at radius 3 is 2.25 bits per heavy atom. The molecule has 2 heteroatoms. The van der Waals surface area contributed by atoms with E-state index < -0.39 is 0 Å². The molecule has 70 valence electrons. The van der Waals surface area contributed by atoms with Crippen molar-refractivity contribution >= 4 is 0 Å². The Bertz CT molecular complexity index is 144. The van der Waals surface area contributed by atoms with Crippen molar-refractivity contribution in [2.24, 2.45) is 5.41 Å². The van der Waals surface area contributed by atoms with E-state index in [1.807, 2.05) is 0 Å². The number of hydrogen-bond donors (Lipinski definition) is 0. The highest BCUT2D eigenvalue weighted by atomic mass is 15.2. The topological polar surface area (TPSA) is 6.48 Å². The van der Waals surface area contributed by atoms with Gasteiger partial charge in [-0.3, -0.25) is 0 Å². The van der Waals surface area contributed by atoms with Crippen LogP contribution in [0.3, 0.4) is 0 Å². The summed E-state index contributed by atoms with van der Waals surface area (Å²) in [5, 5.41) is 0. The van der Waals surface area contributed by atoms with Crippen LogP contribution in [0.25, 0.3) is 0 Å². The van der Waals surface area contributed by atoms with E-state index in [9.17, 15) is 0 Å². The molecule has 2 heterocycles. The molecule has 12 heavy (non-hydrogen) atoms. The molecular formula is C10H20N2. The minimum absolute atomic E-state index is 0.739. The van der Waals surface area contributed by atoms with Crippen LogP contribution in [0.15, 0.2) is 0 Å². The molecule has 2 saturated heterocycles. The van der Waals surface area contributed by atoms with Crippen molar-refractivity contribution < 1.29 is 0 Å². The molecule has 2 nitrogen and oxygen atoms in total. The van der Waals surface area contributed by atoms with Crippen LogP contribution in [0, 0.1) is 5.41 Å². The van der Waals surface area contributed by atoms with Crippen molar-refractivity contribution in [1.82, 2.24) is 9.80 Å². The molecule has 1 spiro atoms. The second-order valence-electron chi connectivity index (χ2n) is 4.61. The Hall–Kier alpha value is -0.0800. The van der Waals surface area contributed by atoms with Gasteiger partial charge in [0.2, 0.25) is 0 Å². The number of hydrogen-bond acceptors (Lipinski definition) is 2. The van der Waals surface area contributed by atoms with E-state index in [2.05, 4.69) is 23.8 Å². The zero-order valence-electron chi connectivity index (χ0n) is 8.34. The van der Waals surface area contributed by atoms with Gasteiger partial charge in [0.15, 0.2) is 0 Å². The smallest absolute Gasteiger partial charge is 0.00513 e. The number of nitrogens with zero attached hydrogens (tertiary/aromatic N) is 2. The summed E-state index contributed by atoms with van der Waals surface area (Å²) in [7, 11) is 2.24. The van der Waals surface area contributed by atoms with Crippen LogP contribution < -0.4 is 0 Å². The minimum Gasteiger partial charge on any atom is -0.306 e. The fourth-order valence-corrected chi connectivity index (χ4v) is 2.54. The van der Waals surface area contributed by atoms with Crippen molar-refractivity contribution in [2.45, 2.75) is 19.8 Å². The third-order valence-electron chi connectivity index (χ3n) is 3.61. The van der Waals surface area contributed by atoms with Crippen molar-refractivity contribution in [2.75, 3.05) is 39.8 Å². The molecule has 2 aliphatic rings. The van der Waals surface area contributed by atoms with E-state index in [0.717, 1.165) is 5.41 Å². The summed E-state index contributed by atoms with van der Waals surface area (Å²) in [5.74, 6) is 0. The molecular weight excluding hydrogens is 148 g/mol. The van der Waals surface area contributed by atoms with E-state index in [1.54, 1.807) is 0 Å². The third kappa shape index (κ3) is 1.38. The molecule has 0 amide bonds.